The highest BCUT2D eigenvalue weighted by molar-refractivity contribution is 9.10. The van der Waals surface area contributed by atoms with Crippen molar-refractivity contribution in [3.05, 3.63) is 100.0 Å². The number of allylic oxidation sites excluding steroid dienone is 1. The van der Waals surface area contributed by atoms with Crippen molar-refractivity contribution in [2.24, 2.45) is 4.99 Å². The molecular formula is C25H19BrN2O4S2. The van der Waals surface area contributed by atoms with Crippen LogP contribution < -0.4 is 14.9 Å². The first-order valence-electron chi connectivity index (χ1n) is 10.5. The SMILES string of the molecule is CCOC(=O)C1=C(C)N=c2s/c(=C/c3ccc(-c4ccc(Br)cc4)o3)c(=O)n2[C@H]1c1cccs1. The Hall–Kier alpha value is -3.01. The van der Waals surface area contributed by atoms with Gasteiger partial charge in [-0.25, -0.2) is 9.79 Å². The molecule has 0 amide bonds. The fourth-order valence-corrected chi connectivity index (χ4v) is 5.95. The molecule has 4 aromatic rings. The van der Waals surface area contributed by atoms with Crippen molar-refractivity contribution in [3.8, 4) is 11.3 Å². The van der Waals surface area contributed by atoms with Gasteiger partial charge in [0, 0.05) is 21.0 Å². The van der Waals surface area contributed by atoms with E-state index in [1.165, 1.54) is 22.7 Å². The number of fused-ring (bicyclic) bond motifs is 1. The van der Waals surface area contributed by atoms with Gasteiger partial charge in [0.05, 0.1) is 22.4 Å². The molecule has 0 bridgehead atoms. The van der Waals surface area contributed by atoms with Gasteiger partial charge in [0.2, 0.25) is 0 Å². The van der Waals surface area contributed by atoms with Crippen LogP contribution in [-0.4, -0.2) is 17.1 Å². The van der Waals surface area contributed by atoms with Gasteiger partial charge in [0.15, 0.2) is 4.80 Å². The zero-order chi connectivity index (χ0) is 23.8. The Kier molecular flexibility index (Phi) is 6.24. The predicted octanol–water partition coefficient (Wildman–Crippen LogP) is 4.88. The Morgan fingerprint density at radius 1 is 1.24 bits per heavy atom. The molecule has 0 N–H and O–H groups in total. The highest BCUT2D eigenvalue weighted by Crippen LogP contribution is 2.33. The molecule has 0 fully saturated rings. The van der Waals surface area contributed by atoms with E-state index < -0.39 is 12.0 Å². The zero-order valence-corrected chi connectivity index (χ0v) is 21.5. The second-order valence-electron chi connectivity index (χ2n) is 7.53. The third-order valence-corrected chi connectivity index (χ3v) is 7.79. The lowest BCUT2D eigenvalue weighted by atomic mass is 10.0. The molecule has 5 rings (SSSR count). The second-order valence-corrected chi connectivity index (χ2v) is 10.4. The highest BCUT2D eigenvalue weighted by Gasteiger charge is 2.33. The van der Waals surface area contributed by atoms with Crippen LogP contribution >= 0.6 is 38.6 Å². The number of esters is 1. The number of hydrogen-bond donors (Lipinski definition) is 0. The molecule has 4 heterocycles. The van der Waals surface area contributed by atoms with Crippen LogP contribution in [0.5, 0.6) is 0 Å². The van der Waals surface area contributed by atoms with Crippen LogP contribution in [0.3, 0.4) is 0 Å². The normalized spacial score (nSPS) is 15.9. The van der Waals surface area contributed by atoms with Crippen molar-refractivity contribution in [2.45, 2.75) is 19.9 Å². The van der Waals surface area contributed by atoms with Gasteiger partial charge in [-0.15, -0.1) is 11.3 Å². The Morgan fingerprint density at radius 3 is 2.74 bits per heavy atom. The van der Waals surface area contributed by atoms with E-state index in [0.717, 1.165) is 14.9 Å². The molecule has 1 aromatic carbocycles. The van der Waals surface area contributed by atoms with E-state index in [9.17, 15) is 9.59 Å². The summed E-state index contributed by atoms with van der Waals surface area (Å²) in [6.45, 7) is 3.78. The number of halogens is 1. The predicted molar refractivity (Wildman–Crippen MR) is 137 cm³/mol. The van der Waals surface area contributed by atoms with Gasteiger partial charge in [-0.2, -0.15) is 0 Å². The van der Waals surface area contributed by atoms with E-state index in [1.54, 1.807) is 24.5 Å². The van der Waals surface area contributed by atoms with E-state index in [1.807, 2.05) is 53.9 Å². The highest BCUT2D eigenvalue weighted by atomic mass is 79.9. The number of thiazole rings is 1. The van der Waals surface area contributed by atoms with Gasteiger partial charge < -0.3 is 9.15 Å². The third kappa shape index (κ3) is 4.15. The molecule has 6 nitrogen and oxygen atoms in total. The van der Waals surface area contributed by atoms with Crippen LogP contribution in [-0.2, 0) is 9.53 Å². The second kappa shape index (κ2) is 9.32. The number of aromatic nitrogens is 1. The van der Waals surface area contributed by atoms with Crippen molar-refractivity contribution in [3.63, 3.8) is 0 Å². The molecule has 0 unspecified atom stereocenters. The van der Waals surface area contributed by atoms with Crippen LogP contribution in [0.1, 0.15) is 30.5 Å². The number of carbonyl (C=O) groups is 1. The molecule has 1 aliphatic rings. The van der Waals surface area contributed by atoms with E-state index in [2.05, 4.69) is 20.9 Å². The first-order valence-corrected chi connectivity index (χ1v) is 13.0. The third-order valence-electron chi connectivity index (χ3n) is 5.36. The van der Waals surface area contributed by atoms with Crippen molar-refractivity contribution in [1.82, 2.24) is 4.57 Å². The maximum Gasteiger partial charge on any atom is 0.338 e. The van der Waals surface area contributed by atoms with Gasteiger partial charge in [0.1, 0.15) is 17.6 Å². The van der Waals surface area contributed by atoms with Crippen molar-refractivity contribution < 1.29 is 13.9 Å². The average Bonchev–Trinajstić information content (AvgIpc) is 3.56. The summed E-state index contributed by atoms with van der Waals surface area (Å²) in [7, 11) is 0. The van der Waals surface area contributed by atoms with E-state index in [0.29, 0.717) is 32.1 Å². The Bertz CT molecular complexity index is 1570. The van der Waals surface area contributed by atoms with Crippen molar-refractivity contribution in [2.75, 3.05) is 6.61 Å². The molecule has 172 valence electrons. The molecule has 0 spiro atoms. The van der Waals surface area contributed by atoms with Gasteiger partial charge in [0.25, 0.3) is 5.56 Å². The maximum absolute atomic E-state index is 13.5. The molecule has 0 saturated heterocycles. The fourth-order valence-electron chi connectivity index (χ4n) is 3.84. The standard InChI is InChI=1S/C25H19BrN2O4S2/c1-3-31-24(30)21-14(2)27-25-28(22(21)19-5-4-12-33-19)23(29)20(34-25)13-17-10-11-18(32-17)15-6-8-16(26)9-7-15/h4-13,22H,3H2,1-2H3/b20-13+/t22-/m0/s1. The molecule has 9 heteroatoms. The summed E-state index contributed by atoms with van der Waals surface area (Å²) in [6.07, 6.45) is 1.72. The number of nitrogens with zero attached hydrogens (tertiary/aromatic N) is 2. The molecule has 3 aromatic heterocycles. The lowest BCUT2D eigenvalue weighted by Crippen LogP contribution is -2.39. The average molecular weight is 555 g/mol. The fraction of sp³-hybridized carbons (Fsp3) is 0.160. The lowest BCUT2D eigenvalue weighted by Gasteiger charge is -2.23. The van der Waals surface area contributed by atoms with Gasteiger partial charge in [-0.3, -0.25) is 9.36 Å². The summed E-state index contributed by atoms with van der Waals surface area (Å²) in [5, 5.41) is 1.93. The minimum atomic E-state index is -0.577. The van der Waals surface area contributed by atoms with Crippen LogP contribution in [0.25, 0.3) is 17.4 Å². The van der Waals surface area contributed by atoms with Crippen LogP contribution in [0, 0.1) is 0 Å². The summed E-state index contributed by atoms with van der Waals surface area (Å²) >= 11 is 6.20. The Morgan fingerprint density at radius 2 is 2.03 bits per heavy atom. The topological polar surface area (TPSA) is 73.8 Å². The lowest BCUT2D eigenvalue weighted by molar-refractivity contribution is -0.139. The Labute approximate surface area is 211 Å². The maximum atomic E-state index is 13.5. The van der Waals surface area contributed by atoms with Gasteiger partial charge in [-0.1, -0.05) is 45.5 Å². The summed E-state index contributed by atoms with van der Waals surface area (Å²) in [4.78, 5) is 32.4. The summed E-state index contributed by atoms with van der Waals surface area (Å²) in [5.74, 6) is 0.821. The summed E-state index contributed by atoms with van der Waals surface area (Å²) in [6, 6.07) is 14.8. The minimum Gasteiger partial charge on any atom is -0.463 e. The molecule has 0 radical (unpaired) electrons. The number of rotatable bonds is 5. The first kappa shape index (κ1) is 22.8. The van der Waals surface area contributed by atoms with Gasteiger partial charge in [-0.05, 0) is 49.6 Å². The quantitative estimate of drug-likeness (QED) is 0.329. The van der Waals surface area contributed by atoms with E-state index in [-0.39, 0.29) is 12.2 Å². The molecular weight excluding hydrogens is 536 g/mol. The van der Waals surface area contributed by atoms with Crippen LogP contribution in [0.4, 0.5) is 0 Å². The first-order chi connectivity index (χ1) is 16.5. The molecule has 34 heavy (non-hydrogen) atoms. The minimum absolute atomic E-state index is 0.224. The Balaban J connectivity index is 1.61. The number of ether oxygens (including phenoxy) is 1. The smallest absolute Gasteiger partial charge is 0.338 e. The number of furan rings is 1. The monoisotopic (exact) mass is 554 g/mol. The van der Waals surface area contributed by atoms with E-state index >= 15 is 0 Å². The molecule has 0 saturated carbocycles. The number of benzene rings is 1. The molecule has 0 aliphatic carbocycles. The number of thiophene rings is 1. The summed E-state index contributed by atoms with van der Waals surface area (Å²) < 4.78 is 14.3. The van der Waals surface area contributed by atoms with Crippen LogP contribution in [0.15, 0.2) is 83.9 Å². The number of carbonyl (C=O) groups excluding carboxylic acids is 1. The van der Waals surface area contributed by atoms with Crippen molar-refractivity contribution >= 4 is 50.6 Å². The van der Waals surface area contributed by atoms with E-state index in [4.69, 9.17) is 9.15 Å². The number of hydrogen-bond acceptors (Lipinski definition) is 7. The van der Waals surface area contributed by atoms with Crippen LogP contribution in [0.2, 0.25) is 0 Å². The van der Waals surface area contributed by atoms with Gasteiger partial charge >= 0.3 is 5.97 Å². The summed E-state index contributed by atoms with van der Waals surface area (Å²) in [5.41, 5.74) is 1.66. The zero-order valence-electron chi connectivity index (χ0n) is 18.3. The molecule has 1 atom stereocenters. The molecule has 1 aliphatic heterocycles. The van der Waals surface area contributed by atoms with Crippen molar-refractivity contribution in [1.29, 1.82) is 0 Å². The largest absolute Gasteiger partial charge is 0.463 e.